The van der Waals surface area contributed by atoms with Crippen LogP contribution in [0.4, 0.5) is 0 Å². The number of hydrogen-bond acceptors (Lipinski definition) is 2. The highest BCUT2D eigenvalue weighted by Gasteiger charge is 2.00. The van der Waals surface area contributed by atoms with Crippen LogP contribution in [0, 0.1) is 0 Å². The van der Waals surface area contributed by atoms with E-state index in [1.807, 2.05) is 18.2 Å². The van der Waals surface area contributed by atoms with Gasteiger partial charge in [0.25, 0.3) is 0 Å². The highest BCUT2D eigenvalue weighted by atomic mass is 16.5. The molecule has 2 nitrogen and oxygen atoms in total. The quantitative estimate of drug-likeness (QED) is 0.750. The molecule has 0 aromatic heterocycles. The first-order chi connectivity index (χ1) is 7.24. The second kappa shape index (κ2) is 6.25. The molecule has 0 amide bonds. The predicted octanol–water partition coefficient (Wildman–Crippen LogP) is 2.53. The van der Waals surface area contributed by atoms with E-state index in [4.69, 9.17) is 10.5 Å². The molecule has 82 valence electrons. The van der Waals surface area contributed by atoms with E-state index >= 15 is 0 Å². The fourth-order valence-electron chi connectivity index (χ4n) is 1.30. The molecule has 15 heavy (non-hydrogen) atoms. The molecule has 1 rings (SSSR count). The summed E-state index contributed by atoms with van der Waals surface area (Å²) in [7, 11) is 0. The third kappa shape index (κ3) is 4.17. The van der Waals surface area contributed by atoms with Crippen molar-refractivity contribution in [3.05, 3.63) is 41.5 Å². The van der Waals surface area contributed by atoms with Crippen molar-refractivity contribution in [2.24, 2.45) is 5.73 Å². The monoisotopic (exact) mass is 205 g/mol. The Balaban J connectivity index is 2.63. The Morgan fingerprint density at radius 3 is 2.73 bits per heavy atom. The molecule has 0 saturated heterocycles. The van der Waals surface area contributed by atoms with Crippen LogP contribution in [0.5, 0.6) is 5.75 Å². The molecule has 0 saturated carbocycles. The molecule has 0 aliphatic heterocycles. The lowest BCUT2D eigenvalue weighted by Gasteiger charge is -2.09. The Kier molecular flexibility index (Phi) is 4.91. The summed E-state index contributed by atoms with van der Waals surface area (Å²) in [5, 5.41) is 0. The van der Waals surface area contributed by atoms with Gasteiger partial charge in [-0.2, -0.15) is 0 Å². The molecular weight excluding hydrogens is 186 g/mol. The number of rotatable bonds is 5. The Bertz CT molecular complexity index is 327. The van der Waals surface area contributed by atoms with Crippen LogP contribution in [0.15, 0.2) is 35.9 Å². The van der Waals surface area contributed by atoms with Crippen LogP contribution < -0.4 is 10.5 Å². The van der Waals surface area contributed by atoms with Gasteiger partial charge >= 0.3 is 0 Å². The summed E-state index contributed by atoms with van der Waals surface area (Å²) < 4.78 is 5.67. The van der Waals surface area contributed by atoms with E-state index in [2.05, 4.69) is 26.0 Å². The molecule has 0 spiro atoms. The molecule has 0 radical (unpaired) electrons. The zero-order valence-corrected chi connectivity index (χ0v) is 9.49. The molecule has 0 aliphatic rings. The van der Waals surface area contributed by atoms with Gasteiger partial charge in [-0.1, -0.05) is 23.8 Å². The molecule has 1 aromatic carbocycles. The fraction of sp³-hybridized carbons (Fsp3) is 0.385. The molecule has 0 fully saturated rings. The van der Waals surface area contributed by atoms with E-state index in [0.717, 1.165) is 12.2 Å². The van der Waals surface area contributed by atoms with Gasteiger partial charge in [-0.3, -0.25) is 0 Å². The van der Waals surface area contributed by atoms with Crippen LogP contribution in [-0.4, -0.2) is 13.2 Å². The summed E-state index contributed by atoms with van der Waals surface area (Å²) >= 11 is 0. The number of para-hydroxylation sites is 1. The summed E-state index contributed by atoms with van der Waals surface area (Å²) in [6, 6.07) is 8.05. The number of allylic oxidation sites excluding steroid dienone is 1. The Morgan fingerprint density at radius 1 is 1.33 bits per heavy atom. The van der Waals surface area contributed by atoms with Gasteiger partial charge in [0.15, 0.2) is 0 Å². The normalized spacial score (nSPS) is 9.80. The highest BCUT2D eigenvalue weighted by Crippen LogP contribution is 2.18. The molecule has 2 N–H and O–H groups in total. The largest absolute Gasteiger partial charge is 0.489 e. The smallest absolute Gasteiger partial charge is 0.123 e. The number of hydrogen-bond donors (Lipinski definition) is 1. The van der Waals surface area contributed by atoms with E-state index in [1.54, 1.807) is 0 Å². The molecule has 0 aliphatic carbocycles. The zero-order chi connectivity index (χ0) is 11.1. The molecule has 0 atom stereocenters. The first-order valence-corrected chi connectivity index (χ1v) is 5.28. The number of benzene rings is 1. The van der Waals surface area contributed by atoms with Gasteiger partial charge in [0.1, 0.15) is 12.4 Å². The van der Waals surface area contributed by atoms with Gasteiger partial charge in [0, 0.05) is 0 Å². The summed E-state index contributed by atoms with van der Waals surface area (Å²) in [5.74, 6) is 0.945. The molecule has 0 heterocycles. The van der Waals surface area contributed by atoms with Crippen LogP contribution in [0.1, 0.15) is 19.4 Å². The Hall–Kier alpha value is -1.28. The third-order valence-corrected chi connectivity index (χ3v) is 2.12. The number of nitrogens with two attached hydrogens (primary N) is 1. The number of ether oxygens (including phenoxy) is 1. The van der Waals surface area contributed by atoms with Crippen LogP contribution in [0.25, 0.3) is 0 Å². The minimum Gasteiger partial charge on any atom is -0.489 e. The minimum atomic E-state index is 0.629. The summed E-state index contributed by atoms with van der Waals surface area (Å²) in [6.45, 7) is 5.41. The maximum absolute atomic E-state index is 5.67. The first-order valence-electron chi connectivity index (χ1n) is 5.28. The van der Waals surface area contributed by atoms with Gasteiger partial charge in [-0.05, 0) is 44.5 Å². The standard InChI is InChI=1S/C13H19NO/c1-11(2)8-10-15-13-6-4-3-5-12(13)7-9-14/h3-6,8H,7,9-10,14H2,1-2H3. The topological polar surface area (TPSA) is 35.2 Å². The first kappa shape index (κ1) is 11.8. The third-order valence-electron chi connectivity index (χ3n) is 2.12. The summed E-state index contributed by atoms with van der Waals surface area (Å²) in [6.07, 6.45) is 2.93. The van der Waals surface area contributed by atoms with Crippen LogP contribution in [-0.2, 0) is 6.42 Å². The lowest BCUT2D eigenvalue weighted by atomic mass is 10.1. The molecular formula is C13H19NO. The Morgan fingerprint density at radius 2 is 2.07 bits per heavy atom. The minimum absolute atomic E-state index is 0.629. The van der Waals surface area contributed by atoms with Gasteiger partial charge in [0.2, 0.25) is 0 Å². The fourth-order valence-corrected chi connectivity index (χ4v) is 1.30. The lowest BCUT2D eigenvalue weighted by Crippen LogP contribution is -2.05. The van der Waals surface area contributed by atoms with Crippen molar-refractivity contribution in [1.82, 2.24) is 0 Å². The lowest BCUT2D eigenvalue weighted by molar-refractivity contribution is 0.358. The van der Waals surface area contributed by atoms with Gasteiger partial charge in [0.05, 0.1) is 0 Å². The van der Waals surface area contributed by atoms with Crippen molar-refractivity contribution < 1.29 is 4.74 Å². The zero-order valence-electron chi connectivity index (χ0n) is 9.49. The summed E-state index contributed by atoms with van der Waals surface area (Å²) in [4.78, 5) is 0. The average Bonchev–Trinajstić information content (AvgIpc) is 2.20. The molecule has 0 bridgehead atoms. The average molecular weight is 205 g/mol. The van der Waals surface area contributed by atoms with Crippen molar-refractivity contribution in [3.8, 4) is 5.75 Å². The van der Waals surface area contributed by atoms with Gasteiger partial charge in [-0.15, -0.1) is 0 Å². The second-order valence-corrected chi connectivity index (χ2v) is 3.74. The van der Waals surface area contributed by atoms with E-state index in [0.29, 0.717) is 13.2 Å². The van der Waals surface area contributed by atoms with E-state index in [-0.39, 0.29) is 0 Å². The predicted molar refractivity (Wildman–Crippen MR) is 64.1 cm³/mol. The Labute approximate surface area is 91.7 Å². The molecule has 1 aromatic rings. The van der Waals surface area contributed by atoms with Crippen molar-refractivity contribution in [2.45, 2.75) is 20.3 Å². The molecule has 0 unspecified atom stereocenters. The van der Waals surface area contributed by atoms with Crippen LogP contribution >= 0.6 is 0 Å². The van der Waals surface area contributed by atoms with Crippen molar-refractivity contribution in [1.29, 1.82) is 0 Å². The second-order valence-electron chi connectivity index (χ2n) is 3.74. The maximum atomic E-state index is 5.67. The van der Waals surface area contributed by atoms with E-state index in [1.165, 1.54) is 11.1 Å². The SMILES string of the molecule is CC(C)=CCOc1ccccc1CCN. The van der Waals surface area contributed by atoms with Crippen LogP contribution in [0.2, 0.25) is 0 Å². The van der Waals surface area contributed by atoms with E-state index < -0.39 is 0 Å². The molecule has 2 heteroatoms. The van der Waals surface area contributed by atoms with Crippen molar-refractivity contribution >= 4 is 0 Å². The summed E-state index contributed by atoms with van der Waals surface area (Å²) in [5.41, 5.74) is 7.99. The van der Waals surface area contributed by atoms with Gasteiger partial charge in [-0.25, -0.2) is 0 Å². The van der Waals surface area contributed by atoms with Crippen LogP contribution in [0.3, 0.4) is 0 Å². The van der Waals surface area contributed by atoms with Crippen molar-refractivity contribution in [3.63, 3.8) is 0 Å². The maximum Gasteiger partial charge on any atom is 0.123 e. The van der Waals surface area contributed by atoms with E-state index in [9.17, 15) is 0 Å². The van der Waals surface area contributed by atoms with Gasteiger partial charge < -0.3 is 10.5 Å². The van der Waals surface area contributed by atoms with Crippen molar-refractivity contribution in [2.75, 3.05) is 13.2 Å². The highest BCUT2D eigenvalue weighted by molar-refractivity contribution is 5.33.